The van der Waals surface area contributed by atoms with Crippen LogP contribution >= 0.6 is 0 Å². The predicted octanol–water partition coefficient (Wildman–Crippen LogP) is 3.71. The van der Waals surface area contributed by atoms with E-state index >= 15 is 0 Å². The van der Waals surface area contributed by atoms with Crippen molar-refractivity contribution in [2.45, 2.75) is 52.2 Å². The SMILES string of the molecule is CCC1CC(C(=O)NCc2cc(C)cc3c(C)c(-c4ccccc4)[nH]c23)NN1. The molecule has 2 atom stereocenters. The van der Waals surface area contributed by atoms with Gasteiger partial charge >= 0.3 is 0 Å². The van der Waals surface area contributed by atoms with Gasteiger partial charge in [-0.1, -0.05) is 48.9 Å². The Morgan fingerprint density at radius 1 is 1.14 bits per heavy atom. The standard InChI is InChI=1S/C23H28N4O/c1-4-18-12-20(27-26-18)23(28)24-13-17-10-14(2)11-19-15(3)21(25-22(17)19)16-8-6-5-7-9-16/h5-11,18,20,25-27H,4,12-13H2,1-3H3,(H,24,28). The molecule has 0 saturated carbocycles. The summed E-state index contributed by atoms with van der Waals surface area (Å²) in [5.74, 6) is 0.0460. The molecule has 5 heteroatoms. The molecular formula is C23H28N4O. The van der Waals surface area contributed by atoms with E-state index in [4.69, 9.17) is 0 Å². The number of hydrazine groups is 1. The number of aromatic amines is 1. The second-order valence-electron chi connectivity index (χ2n) is 7.74. The maximum Gasteiger partial charge on any atom is 0.238 e. The van der Waals surface area contributed by atoms with Crippen molar-refractivity contribution < 1.29 is 4.79 Å². The van der Waals surface area contributed by atoms with Gasteiger partial charge in [-0.05, 0) is 49.4 Å². The predicted molar refractivity (Wildman–Crippen MR) is 114 cm³/mol. The number of nitrogens with one attached hydrogen (secondary N) is 4. The number of aromatic nitrogens is 1. The zero-order chi connectivity index (χ0) is 19.7. The quantitative estimate of drug-likeness (QED) is 0.549. The van der Waals surface area contributed by atoms with Crippen LogP contribution in [0, 0.1) is 13.8 Å². The van der Waals surface area contributed by atoms with Crippen LogP contribution in [0.4, 0.5) is 0 Å². The minimum atomic E-state index is -0.171. The summed E-state index contributed by atoms with van der Waals surface area (Å²) in [6.07, 6.45) is 1.84. The minimum absolute atomic E-state index is 0.0460. The fourth-order valence-corrected chi connectivity index (χ4v) is 4.06. The summed E-state index contributed by atoms with van der Waals surface area (Å²) in [5.41, 5.74) is 13.3. The molecule has 1 fully saturated rings. The number of fused-ring (bicyclic) bond motifs is 1. The van der Waals surface area contributed by atoms with Crippen LogP contribution in [0.2, 0.25) is 0 Å². The third-order valence-corrected chi connectivity index (χ3v) is 5.70. The lowest BCUT2D eigenvalue weighted by Gasteiger charge is -2.12. The Hall–Kier alpha value is -2.63. The molecule has 28 heavy (non-hydrogen) atoms. The molecule has 1 amide bonds. The van der Waals surface area contributed by atoms with E-state index in [-0.39, 0.29) is 11.9 Å². The Labute approximate surface area is 165 Å². The van der Waals surface area contributed by atoms with E-state index in [1.165, 1.54) is 22.1 Å². The zero-order valence-corrected chi connectivity index (χ0v) is 16.7. The van der Waals surface area contributed by atoms with Gasteiger partial charge in [-0.2, -0.15) is 0 Å². The van der Waals surface area contributed by atoms with Crippen molar-refractivity contribution in [3.8, 4) is 11.3 Å². The Morgan fingerprint density at radius 3 is 2.64 bits per heavy atom. The van der Waals surface area contributed by atoms with Crippen LogP contribution in [-0.2, 0) is 11.3 Å². The maximum atomic E-state index is 12.6. The van der Waals surface area contributed by atoms with Crippen molar-refractivity contribution in [2.24, 2.45) is 0 Å². The molecule has 0 bridgehead atoms. The molecule has 2 heterocycles. The highest BCUT2D eigenvalue weighted by atomic mass is 16.2. The minimum Gasteiger partial charge on any atom is -0.354 e. The molecule has 1 aliphatic rings. The lowest BCUT2D eigenvalue weighted by Crippen LogP contribution is -2.43. The molecule has 4 rings (SSSR count). The summed E-state index contributed by atoms with van der Waals surface area (Å²) in [5, 5.41) is 4.33. The van der Waals surface area contributed by atoms with Crippen LogP contribution in [0.5, 0.6) is 0 Å². The first-order valence-corrected chi connectivity index (χ1v) is 10.0. The van der Waals surface area contributed by atoms with Gasteiger partial charge in [0.25, 0.3) is 0 Å². The highest BCUT2D eigenvalue weighted by molar-refractivity contribution is 5.93. The number of carbonyl (C=O) groups is 1. The maximum absolute atomic E-state index is 12.6. The first kappa shape index (κ1) is 18.7. The van der Waals surface area contributed by atoms with Gasteiger partial charge in [-0.25, -0.2) is 5.43 Å². The summed E-state index contributed by atoms with van der Waals surface area (Å²) in [6.45, 7) is 6.90. The van der Waals surface area contributed by atoms with Gasteiger partial charge in [0.15, 0.2) is 0 Å². The summed E-state index contributed by atoms with van der Waals surface area (Å²) in [7, 11) is 0. The van der Waals surface area contributed by atoms with E-state index in [0.29, 0.717) is 12.6 Å². The average molecular weight is 377 g/mol. The zero-order valence-electron chi connectivity index (χ0n) is 16.7. The molecule has 0 radical (unpaired) electrons. The first-order valence-electron chi connectivity index (χ1n) is 10.0. The van der Waals surface area contributed by atoms with E-state index < -0.39 is 0 Å². The van der Waals surface area contributed by atoms with E-state index in [1.807, 2.05) is 6.07 Å². The van der Waals surface area contributed by atoms with E-state index in [9.17, 15) is 4.79 Å². The third kappa shape index (κ3) is 3.55. The van der Waals surface area contributed by atoms with Crippen LogP contribution in [0.1, 0.15) is 36.5 Å². The normalized spacial score (nSPS) is 19.2. The summed E-state index contributed by atoms with van der Waals surface area (Å²) in [4.78, 5) is 16.2. The van der Waals surface area contributed by atoms with Gasteiger partial charge in [0.1, 0.15) is 6.04 Å². The monoisotopic (exact) mass is 376 g/mol. The number of amides is 1. The summed E-state index contributed by atoms with van der Waals surface area (Å²) >= 11 is 0. The second kappa shape index (κ2) is 7.78. The molecular weight excluding hydrogens is 348 g/mol. The molecule has 1 aliphatic heterocycles. The number of benzene rings is 2. The Balaban J connectivity index is 1.60. The summed E-state index contributed by atoms with van der Waals surface area (Å²) in [6, 6.07) is 14.9. The first-order chi connectivity index (χ1) is 13.6. The van der Waals surface area contributed by atoms with Gasteiger partial charge in [0.2, 0.25) is 5.91 Å². The highest BCUT2D eigenvalue weighted by Crippen LogP contribution is 2.32. The van der Waals surface area contributed by atoms with E-state index in [0.717, 1.165) is 29.6 Å². The van der Waals surface area contributed by atoms with Crippen molar-refractivity contribution in [1.82, 2.24) is 21.2 Å². The fraction of sp³-hybridized carbons (Fsp3) is 0.348. The second-order valence-corrected chi connectivity index (χ2v) is 7.74. The van der Waals surface area contributed by atoms with Crippen LogP contribution in [-0.4, -0.2) is 23.0 Å². The Morgan fingerprint density at radius 2 is 1.93 bits per heavy atom. The topological polar surface area (TPSA) is 69.0 Å². The molecule has 4 N–H and O–H groups in total. The number of H-pyrrole nitrogens is 1. The van der Waals surface area contributed by atoms with Gasteiger partial charge in [0, 0.05) is 23.7 Å². The van der Waals surface area contributed by atoms with E-state index in [1.54, 1.807) is 0 Å². The molecule has 2 unspecified atom stereocenters. The van der Waals surface area contributed by atoms with Crippen molar-refractivity contribution in [2.75, 3.05) is 0 Å². The van der Waals surface area contributed by atoms with Crippen LogP contribution in [0.15, 0.2) is 42.5 Å². The smallest absolute Gasteiger partial charge is 0.238 e. The van der Waals surface area contributed by atoms with Crippen LogP contribution in [0.3, 0.4) is 0 Å². The van der Waals surface area contributed by atoms with Crippen molar-refractivity contribution in [3.05, 3.63) is 59.2 Å². The van der Waals surface area contributed by atoms with Crippen LogP contribution < -0.4 is 16.2 Å². The summed E-state index contributed by atoms with van der Waals surface area (Å²) < 4.78 is 0. The largest absolute Gasteiger partial charge is 0.354 e. The molecule has 0 aliphatic carbocycles. The Bertz CT molecular complexity index is 993. The van der Waals surface area contributed by atoms with Crippen molar-refractivity contribution >= 4 is 16.8 Å². The highest BCUT2D eigenvalue weighted by Gasteiger charge is 2.28. The van der Waals surface area contributed by atoms with Gasteiger partial charge < -0.3 is 10.3 Å². The fourth-order valence-electron chi connectivity index (χ4n) is 4.06. The third-order valence-electron chi connectivity index (χ3n) is 5.70. The van der Waals surface area contributed by atoms with E-state index in [2.05, 4.69) is 78.3 Å². The average Bonchev–Trinajstić information content (AvgIpc) is 3.32. The molecule has 146 valence electrons. The van der Waals surface area contributed by atoms with Gasteiger partial charge in [-0.15, -0.1) is 0 Å². The number of hydrogen-bond donors (Lipinski definition) is 4. The number of aryl methyl sites for hydroxylation is 2. The van der Waals surface area contributed by atoms with Crippen LogP contribution in [0.25, 0.3) is 22.2 Å². The molecule has 0 spiro atoms. The van der Waals surface area contributed by atoms with Crippen molar-refractivity contribution in [3.63, 3.8) is 0 Å². The Kier molecular flexibility index (Phi) is 5.20. The molecule has 1 aromatic heterocycles. The van der Waals surface area contributed by atoms with Crippen molar-refractivity contribution in [1.29, 1.82) is 0 Å². The molecule has 2 aromatic carbocycles. The number of carbonyl (C=O) groups excluding carboxylic acids is 1. The lowest BCUT2D eigenvalue weighted by molar-refractivity contribution is -0.123. The molecule has 3 aromatic rings. The number of rotatable bonds is 5. The number of hydrogen-bond acceptors (Lipinski definition) is 3. The van der Waals surface area contributed by atoms with Gasteiger partial charge in [-0.3, -0.25) is 10.2 Å². The molecule has 5 nitrogen and oxygen atoms in total. The molecule has 1 saturated heterocycles. The van der Waals surface area contributed by atoms with Gasteiger partial charge in [0.05, 0.1) is 5.52 Å². The lowest BCUT2D eigenvalue weighted by atomic mass is 10.0.